The molecule has 0 unspecified atom stereocenters. The Morgan fingerprint density at radius 1 is 1.00 bits per heavy atom. The predicted molar refractivity (Wildman–Crippen MR) is 71.6 cm³/mol. The minimum atomic E-state index is -0.396. The molecule has 0 aliphatic heterocycles. The van der Waals surface area contributed by atoms with Crippen LogP contribution in [0.5, 0.6) is 0 Å². The van der Waals surface area contributed by atoms with Crippen LogP contribution in [-0.4, -0.2) is 10.9 Å². The van der Waals surface area contributed by atoms with Gasteiger partial charge in [-0.25, -0.2) is 0 Å². The number of primary amides is 1. The number of nitrogens with two attached hydrogens (primary N) is 1. The van der Waals surface area contributed by atoms with E-state index < -0.39 is 5.91 Å². The van der Waals surface area contributed by atoms with Gasteiger partial charge in [0.25, 0.3) is 0 Å². The quantitative estimate of drug-likeness (QED) is 0.682. The summed E-state index contributed by atoms with van der Waals surface area (Å²) in [4.78, 5) is 14.4. The Morgan fingerprint density at radius 2 is 1.71 bits per heavy atom. The molecule has 3 N–H and O–H groups in total. The number of hydrogen-bond donors (Lipinski definition) is 2. The van der Waals surface area contributed by atoms with Crippen molar-refractivity contribution in [2.75, 3.05) is 0 Å². The number of benzene rings is 2. The number of amides is 1. The summed E-state index contributed by atoms with van der Waals surface area (Å²) in [6.45, 7) is 0. The van der Waals surface area contributed by atoms with Gasteiger partial charge < -0.3 is 10.7 Å². The second-order valence-electron chi connectivity index (χ2n) is 3.80. The molecule has 0 radical (unpaired) electrons. The molecule has 86 valence electrons. The standard InChI is InChI=1S/C13H10N2O.ClH/c14-13(16)8-5-6-12-10(7-8)9-3-1-2-4-11(9)15-12;/h1-7,15H,(H2,14,16);1H. The number of aromatic amines is 1. The Balaban J connectivity index is 0.00000108. The molecule has 3 rings (SSSR count). The third-order valence-corrected chi connectivity index (χ3v) is 2.79. The van der Waals surface area contributed by atoms with Gasteiger partial charge in [-0.15, -0.1) is 12.4 Å². The maximum atomic E-state index is 11.1. The van der Waals surface area contributed by atoms with Crippen molar-refractivity contribution >= 4 is 40.1 Å². The van der Waals surface area contributed by atoms with Gasteiger partial charge in [0.1, 0.15) is 0 Å². The molecule has 3 nitrogen and oxygen atoms in total. The lowest BCUT2D eigenvalue weighted by atomic mass is 10.1. The van der Waals surface area contributed by atoms with E-state index in [0.717, 1.165) is 21.8 Å². The Labute approximate surface area is 104 Å². The van der Waals surface area contributed by atoms with E-state index in [1.807, 2.05) is 36.4 Å². The summed E-state index contributed by atoms with van der Waals surface area (Å²) in [5, 5.41) is 2.15. The van der Waals surface area contributed by atoms with Crippen molar-refractivity contribution in [1.82, 2.24) is 4.98 Å². The molecule has 0 aliphatic rings. The maximum absolute atomic E-state index is 11.1. The van der Waals surface area contributed by atoms with Crippen molar-refractivity contribution in [2.45, 2.75) is 0 Å². The number of aromatic nitrogens is 1. The maximum Gasteiger partial charge on any atom is 0.248 e. The molecule has 1 heterocycles. The minimum absolute atomic E-state index is 0. The fourth-order valence-electron chi connectivity index (χ4n) is 2.00. The van der Waals surface area contributed by atoms with Crippen LogP contribution in [0.2, 0.25) is 0 Å². The zero-order chi connectivity index (χ0) is 11.1. The molecule has 1 aromatic heterocycles. The van der Waals surface area contributed by atoms with Crippen molar-refractivity contribution in [1.29, 1.82) is 0 Å². The first-order valence-corrected chi connectivity index (χ1v) is 5.06. The second kappa shape index (κ2) is 4.11. The Morgan fingerprint density at radius 3 is 2.47 bits per heavy atom. The number of nitrogens with one attached hydrogen (secondary N) is 1. The fourth-order valence-corrected chi connectivity index (χ4v) is 2.00. The Hall–Kier alpha value is -2.00. The molecule has 0 saturated heterocycles. The molecule has 2 aromatic carbocycles. The molecular formula is C13H11ClN2O. The van der Waals surface area contributed by atoms with Crippen LogP contribution in [0.4, 0.5) is 0 Å². The number of carbonyl (C=O) groups is 1. The summed E-state index contributed by atoms with van der Waals surface area (Å²) in [5.74, 6) is -0.396. The van der Waals surface area contributed by atoms with Crippen molar-refractivity contribution in [3.63, 3.8) is 0 Å². The first-order chi connectivity index (χ1) is 7.75. The zero-order valence-electron chi connectivity index (χ0n) is 8.94. The van der Waals surface area contributed by atoms with Gasteiger partial charge in [-0.1, -0.05) is 18.2 Å². The lowest BCUT2D eigenvalue weighted by Crippen LogP contribution is -2.10. The first kappa shape index (κ1) is 11.5. The monoisotopic (exact) mass is 246 g/mol. The third kappa shape index (κ3) is 1.74. The number of hydrogen-bond acceptors (Lipinski definition) is 1. The van der Waals surface area contributed by atoms with Crippen LogP contribution < -0.4 is 5.73 Å². The lowest BCUT2D eigenvalue weighted by molar-refractivity contribution is 0.100. The molecule has 0 atom stereocenters. The van der Waals surface area contributed by atoms with E-state index in [0.29, 0.717) is 5.56 Å². The highest BCUT2D eigenvalue weighted by molar-refractivity contribution is 6.09. The molecule has 3 aromatic rings. The molecular weight excluding hydrogens is 236 g/mol. The molecule has 0 saturated carbocycles. The van der Waals surface area contributed by atoms with Crippen molar-refractivity contribution < 1.29 is 4.79 Å². The molecule has 17 heavy (non-hydrogen) atoms. The van der Waals surface area contributed by atoms with Gasteiger partial charge in [0.15, 0.2) is 0 Å². The number of para-hydroxylation sites is 1. The van der Waals surface area contributed by atoms with E-state index in [4.69, 9.17) is 5.73 Å². The minimum Gasteiger partial charge on any atom is -0.366 e. The highest BCUT2D eigenvalue weighted by Gasteiger charge is 2.06. The number of halogens is 1. The third-order valence-electron chi connectivity index (χ3n) is 2.79. The van der Waals surface area contributed by atoms with Crippen LogP contribution >= 0.6 is 12.4 Å². The van der Waals surface area contributed by atoms with Gasteiger partial charge in [0.05, 0.1) is 0 Å². The summed E-state index contributed by atoms with van der Waals surface area (Å²) in [5.41, 5.74) is 7.90. The van der Waals surface area contributed by atoms with Crippen molar-refractivity contribution in [2.24, 2.45) is 5.73 Å². The summed E-state index contributed by atoms with van der Waals surface area (Å²) in [6, 6.07) is 13.4. The van der Waals surface area contributed by atoms with E-state index >= 15 is 0 Å². The SMILES string of the molecule is Cl.NC(=O)c1ccc2[nH]c3ccccc3c2c1. The molecule has 0 bridgehead atoms. The van der Waals surface area contributed by atoms with Crippen LogP contribution in [0.25, 0.3) is 21.8 Å². The smallest absolute Gasteiger partial charge is 0.248 e. The van der Waals surface area contributed by atoms with E-state index in [1.165, 1.54) is 0 Å². The Bertz CT molecular complexity index is 703. The van der Waals surface area contributed by atoms with E-state index in [9.17, 15) is 4.79 Å². The highest BCUT2D eigenvalue weighted by Crippen LogP contribution is 2.25. The van der Waals surface area contributed by atoms with Crippen molar-refractivity contribution in [3.05, 3.63) is 48.0 Å². The van der Waals surface area contributed by atoms with E-state index in [1.54, 1.807) is 6.07 Å². The average Bonchev–Trinajstić information content (AvgIpc) is 2.66. The van der Waals surface area contributed by atoms with Gasteiger partial charge >= 0.3 is 0 Å². The summed E-state index contributed by atoms with van der Waals surface area (Å²) in [6.07, 6.45) is 0. The molecule has 0 spiro atoms. The topological polar surface area (TPSA) is 58.9 Å². The van der Waals surface area contributed by atoms with Crippen LogP contribution in [0.1, 0.15) is 10.4 Å². The van der Waals surface area contributed by atoms with Crippen molar-refractivity contribution in [3.8, 4) is 0 Å². The van der Waals surface area contributed by atoms with Crippen LogP contribution in [0.3, 0.4) is 0 Å². The number of H-pyrrole nitrogens is 1. The van der Waals surface area contributed by atoms with Crippen LogP contribution in [0.15, 0.2) is 42.5 Å². The van der Waals surface area contributed by atoms with Gasteiger partial charge in [0.2, 0.25) is 5.91 Å². The highest BCUT2D eigenvalue weighted by atomic mass is 35.5. The average molecular weight is 247 g/mol. The normalized spacial score (nSPS) is 10.4. The van der Waals surface area contributed by atoms with E-state index in [2.05, 4.69) is 4.98 Å². The Kier molecular flexibility index (Phi) is 2.77. The summed E-state index contributed by atoms with van der Waals surface area (Å²) in [7, 11) is 0. The number of fused-ring (bicyclic) bond motifs is 3. The van der Waals surface area contributed by atoms with Gasteiger partial charge in [0, 0.05) is 27.4 Å². The number of rotatable bonds is 1. The van der Waals surface area contributed by atoms with Crippen LogP contribution in [0, 0.1) is 0 Å². The van der Waals surface area contributed by atoms with Gasteiger partial charge in [-0.3, -0.25) is 4.79 Å². The zero-order valence-corrected chi connectivity index (χ0v) is 9.75. The molecule has 0 fully saturated rings. The lowest BCUT2D eigenvalue weighted by Gasteiger charge is -1.95. The van der Waals surface area contributed by atoms with Gasteiger partial charge in [-0.05, 0) is 24.3 Å². The van der Waals surface area contributed by atoms with Gasteiger partial charge in [-0.2, -0.15) is 0 Å². The largest absolute Gasteiger partial charge is 0.366 e. The summed E-state index contributed by atoms with van der Waals surface area (Å²) < 4.78 is 0. The molecule has 4 heteroatoms. The predicted octanol–water partition coefficient (Wildman–Crippen LogP) is 2.84. The summed E-state index contributed by atoms with van der Waals surface area (Å²) >= 11 is 0. The van der Waals surface area contributed by atoms with Crippen LogP contribution in [-0.2, 0) is 0 Å². The first-order valence-electron chi connectivity index (χ1n) is 5.06. The molecule has 0 aliphatic carbocycles. The molecule has 1 amide bonds. The number of carbonyl (C=O) groups excluding carboxylic acids is 1. The fraction of sp³-hybridized carbons (Fsp3) is 0. The second-order valence-corrected chi connectivity index (χ2v) is 3.80. The van der Waals surface area contributed by atoms with E-state index in [-0.39, 0.29) is 12.4 Å².